The van der Waals surface area contributed by atoms with Crippen LogP contribution in [0.1, 0.15) is 24.1 Å². The number of hydrogen-bond donors (Lipinski definition) is 1. The highest BCUT2D eigenvalue weighted by molar-refractivity contribution is 7.13. The molecule has 7 heteroatoms. The van der Waals surface area contributed by atoms with Crippen LogP contribution in [0.15, 0.2) is 29.6 Å². The molecule has 0 saturated carbocycles. The third-order valence-corrected chi connectivity index (χ3v) is 5.26. The Bertz CT molecular complexity index is 675. The second kappa shape index (κ2) is 10.1. The van der Waals surface area contributed by atoms with Gasteiger partial charge in [0.25, 0.3) is 0 Å². The van der Waals surface area contributed by atoms with E-state index in [4.69, 9.17) is 0 Å². The predicted octanol–water partition coefficient (Wildman–Crippen LogP) is 3.72. The molecular weight excluding hydrogens is 377 g/mol. The van der Waals surface area contributed by atoms with Gasteiger partial charge in [0, 0.05) is 30.1 Å². The summed E-state index contributed by atoms with van der Waals surface area (Å²) in [4.78, 5) is 19.2. The fraction of sp³-hybridized carbons (Fsp3) is 0.444. The van der Waals surface area contributed by atoms with Crippen LogP contribution in [0.4, 0.5) is 0 Å². The van der Waals surface area contributed by atoms with Gasteiger partial charge in [0.05, 0.1) is 12.1 Å². The van der Waals surface area contributed by atoms with E-state index in [1.54, 1.807) is 11.3 Å². The fourth-order valence-electron chi connectivity index (χ4n) is 3.09. The van der Waals surface area contributed by atoms with Crippen molar-refractivity contribution in [2.24, 2.45) is 0 Å². The number of likely N-dealkylation sites (N-methyl/N-ethyl adjacent to an activating group) is 1. The number of halogens is 2. The summed E-state index contributed by atoms with van der Waals surface area (Å²) in [5.41, 5.74) is 3.24. The van der Waals surface area contributed by atoms with Gasteiger partial charge in [-0.3, -0.25) is 4.79 Å². The van der Waals surface area contributed by atoms with Gasteiger partial charge in [-0.1, -0.05) is 29.8 Å². The van der Waals surface area contributed by atoms with Crippen molar-refractivity contribution in [3.05, 3.63) is 40.9 Å². The molecule has 4 nitrogen and oxygen atoms in total. The van der Waals surface area contributed by atoms with Gasteiger partial charge >= 0.3 is 0 Å². The van der Waals surface area contributed by atoms with Crippen LogP contribution in [0, 0.1) is 6.92 Å². The van der Waals surface area contributed by atoms with Gasteiger partial charge in [-0.15, -0.1) is 36.2 Å². The third kappa shape index (κ3) is 5.42. The minimum atomic E-state index is 0. The molecule has 0 aliphatic carbocycles. The fourth-order valence-corrected chi connectivity index (χ4v) is 3.91. The Balaban J connectivity index is 0.00000156. The lowest BCUT2D eigenvalue weighted by atomic mass is 10.2. The lowest BCUT2D eigenvalue weighted by Crippen LogP contribution is -2.41. The molecule has 138 valence electrons. The molecule has 3 rings (SSSR count). The van der Waals surface area contributed by atoms with Crippen LogP contribution in [0.5, 0.6) is 0 Å². The van der Waals surface area contributed by atoms with Gasteiger partial charge in [-0.25, -0.2) is 4.98 Å². The van der Waals surface area contributed by atoms with E-state index in [-0.39, 0.29) is 30.7 Å². The minimum Gasteiger partial charge on any atom is -0.338 e. The Labute approximate surface area is 165 Å². The Morgan fingerprint density at radius 2 is 2.04 bits per heavy atom. The van der Waals surface area contributed by atoms with Crippen LogP contribution < -0.4 is 5.32 Å². The summed E-state index contributed by atoms with van der Waals surface area (Å²) in [6.45, 7) is 3.82. The zero-order chi connectivity index (χ0) is 16.2. The smallest absolute Gasteiger partial charge is 0.228 e. The number of likely N-dealkylation sites (tertiary alicyclic amines) is 1. The Kier molecular flexibility index (Phi) is 8.86. The Morgan fingerprint density at radius 3 is 2.72 bits per heavy atom. The summed E-state index contributed by atoms with van der Waals surface area (Å²) in [7, 11) is 1.94. The van der Waals surface area contributed by atoms with Crippen molar-refractivity contribution in [3.8, 4) is 10.6 Å². The van der Waals surface area contributed by atoms with Crippen molar-refractivity contribution >= 4 is 42.1 Å². The van der Waals surface area contributed by atoms with E-state index >= 15 is 0 Å². The molecule has 0 radical (unpaired) electrons. The average Bonchev–Trinajstić information content (AvgIpc) is 3.18. The zero-order valence-corrected chi connectivity index (χ0v) is 17.0. The second-order valence-corrected chi connectivity index (χ2v) is 6.99. The van der Waals surface area contributed by atoms with E-state index in [2.05, 4.69) is 41.5 Å². The number of rotatable bonds is 5. The van der Waals surface area contributed by atoms with Gasteiger partial charge in [0.2, 0.25) is 5.91 Å². The van der Waals surface area contributed by atoms with Crippen LogP contribution >= 0.6 is 36.2 Å². The number of carbonyl (C=O) groups excluding carboxylic acids is 1. The summed E-state index contributed by atoms with van der Waals surface area (Å²) in [6, 6.07) is 8.69. The molecule has 25 heavy (non-hydrogen) atoms. The first-order chi connectivity index (χ1) is 11.2. The molecule has 0 bridgehead atoms. The number of aromatic nitrogens is 1. The van der Waals surface area contributed by atoms with Crippen molar-refractivity contribution in [3.63, 3.8) is 0 Å². The van der Waals surface area contributed by atoms with Crippen LogP contribution in [-0.4, -0.2) is 42.0 Å². The zero-order valence-electron chi connectivity index (χ0n) is 14.5. The highest BCUT2D eigenvalue weighted by atomic mass is 35.5. The van der Waals surface area contributed by atoms with Crippen molar-refractivity contribution in [1.29, 1.82) is 0 Å². The molecule has 1 amide bonds. The summed E-state index contributed by atoms with van der Waals surface area (Å²) < 4.78 is 0. The van der Waals surface area contributed by atoms with Crippen LogP contribution in [0.25, 0.3) is 10.6 Å². The third-order valence-electron chi connectivity index (χ3n) is 4.32. The SMILES string of the molecule is CNCC1CCCN1C(=O)Cc1csc(-c2ccc(C)cc2)n1.Cl.Cl. The first-order valence-corrected chi connectivity index (χ1v) is 9.01. The van der Waals surface area contributed by atoms with Gasteiger partial charge in [-0.05, 0) is 26.8 Å². The monoisotopic (exact) mass is 401 g/mol. The average molecular weight is 402 g/mol. The molecule has 1 aromatic carbocycles. The minimum absolute atomic E-state index is 0. The van der Waals surface area contributed by atoms with Gasteiger partial charge < -0.3 is 10.2 Å². The predicted molar refractivity (Wildman–Crippen MR) is 109 cm³/mol. The van der Waals surface area contributed by atoms with Crippen molar-refractivity contribution in [2.45, 2.75) is 32.2 Å². The summed E-state index contributed by atoms with van der Waals surface area (Å²) >= 11 is 1.61. The highest BCUT2D eigenvalue weighted by Gasteiger charge is 2.28. The molecule has 1 aliphatic rings. The topological polar surface area (TPSA) is 45.2 Å². The summed E-state index contributed by atoms with van der Waals surface area (Å²) in [5, 5.41) is 6.18. The lowest BCUT2D eigenvalue weighted by Gasteiger charge is -2.24. The summed E-state index contributed by atoms with van der Waals surface area (Å²) in [5.74, 6) is 0.198. The van der Waals surface area contributed by atoms with Gasteiger partial charge in [0.1, 0.15) is 5.01 Å². The van der Waals surface area contributed by atoms with E-state index in [0.717, 1.165) is 42.2 Å². The molecule has 1 atom stereocenters. The van der Waals surface area contributed by atoms with Gasteiger partial charge in [-0.2, -0.15) is 0 Å². The Morgan fingerprint density at radius 1 is 1.32 bits per heavy atom. The molecule has 1 aliphatic heterocycles. The molecule has 2 aromatic rings. The van der Waals surface area contributed by atoms with Crippen molar-refractivity contribution in [1.82, 2.24) is 15.2 Å². The molecule has 1 N–H and O–H groups in total. The number of amides is 1. The molecular formula is C18H25Cl2N3OS. The number of aryl methyl sites for hydroxylation is 1. The maximum absolute atomic E-state index is 12.6. The standard InChI is InChI=1S/C18H23N3OS.2ClH/c1-13-5-7-14(8-6-13)18-20-15(12-23-18)10-17(22)21-9-3-4-16(21)11-19-2;;/h5-8,12,16,19H,3-4,9-11H2,1-2H3;2*1H. The normalized spacial score (nSPS) is 16.2. The maximum Gasteiger partial charge on any atom is 0.228 e. The lowest BCUT2D eigenvalue weighted by molar-refractivity contribution is -0.131. The second-order valence-electron chi connectivity index (χ2n) is 6.13. The maximum atomic E-state index is 12.6. The highest BCUT2D eigenvalue weighted by Crippen LogP contribution is 2.25. The van der Waals surface area contributed by atoms with Crippen molar-refractivity contribution < 1.29 is 4.79 Å². The number of nitrogens with one attached hydrogen (secondary N) is 1. The molecule has 2 heterocycles. The van der Waals surface area contributed by atoms with E-state index in [1.165, 1.54) is 5.56 Å². The van der Waals surface area contributed by atoms with E-state index in [9.17, 15) is 4.79 Å². The van der Waals surface area contributed by atoms with Crippen molar-refractivity contribution in [2.75, 3.05) is 20.1 Å². The number of carbonyl (C=O) groups is 1. The molecule has 0 spiro atoms. The molecule has 1 unspecified atom stereocenters. The van der Waals surface area contributed by atoms with Crippen LogP contribution in [-0.2, 0) is 11.2 Å². The van der Waals surface area contributed by atoms with E-state index < -0.39 is 0 Å². The van der Waals surface area contributed by atoms with E-state index in [1.807, 2.05) is 17.3 Å². The number of thiazole rings is 1. The van der Waals surface area contributed by atoms with E-state index in [0.29, 0.717) is 12.5 Å². The number of hydrogen-bond acceptors (Lipinski definition) is 4. The Hall–Kier alpha value is -1.14. The van der Waals surface area contributed by atoms with Crippen LogP contribution in [0.2, 0.25) is 0 Å². The molecule has 1 saturated heterocycles. The summed E-state index contributed by atoms with van der Waals surface area (Å²) in [6.07, 6.45) is 2.60. The first-order valence-electron chi connectivity index (χ1n) is 8.13. The molecule has 1 aromatic heterocycles. The quantitative estimate of drug-likeness (QED) is 0.829. The van der Waals surface area contributed by atoms with Gasteiger partial charge in [0.15, 0.2) is 0 Å². The largest absolute Gasteiger partial charge is 0.338 e. The first kappa shape index (κ1) is 21.9. The van der Waals surface area contributed by atoms with Crippen LogP contribution in [0.3, 0.4) is 0 Å². The number of benzene rings is 1. The number of nitrogens with zero attached hydrogens (tertiary/aromatic N) is 2. The molecule has 1 fully saturated rings.